The molecule has 5 nitrogen and oxygen atoms in total. The lowest BCUT2D eigenvalue weighted by Gasteiger charge is -2.34. The minimum Gasteiger partial charge on any atom is -0.265 e. The number of nitrogens with zero attached hydrogens (tertiary/aromatic N) is 5. The first-order valence-corrected chi connectivity index (χ1v) is 23.6. The fraction of sp³-hybridized carbons (Fsp3) is 0.0755. The van der Waals surface area contributed by atoms with E-state index in [0.717, 1.165) is 38.9 Å². The van der Waals surface area contributed by atoms with Crippen LogP contribution >= 0.6 is 0 Å². The predicted molar refractivity (Wildman–Crippen MR) is 243 cm³/mol. The van der Waals surface area contributed by atoms with Gasteiger partial charge in [0.15, 0.2) is 17.5 Å². The number of benzene rings is 6. The summed E-state index contributed by atoms with van der Waals surface area (Å²) in [7, 11) is -1.44. The van der Waals surface area contributed by atoms with E-state index in [1.807, 2.05) is 85.5 Å². The van der Waals surface area contributed by atoms with E-state index in [0.29, 0.717) is 17.5 Å². The Morgan fingerprint density at radius 2 is 0.763 bits per heavy atom. The van der Waals surface area contributed by atoms with Crippen LogP contribution in [0.3, 0.4) is 0 Å². The lowest BCUT2D eigenvalue weighted by molar-refractivity contribution is 0.764. The van der Waals surface area contributed by atoms with Crippen LogP contribution in [-0.2, 0) is 5.41 Å². The van der Waals surface area contributed by atoms with E-state index in [1.54, 1.807) is 0 Å². The largest absolute Gasteiger partial charge is 0.265 e. The number of pyridine rings is 2. The number of hydrogen-bond acceptors (Lipinski definition) is 5. The smallest absolute Gasteiger partial charge is 0.164 e. The summed E-state index contributed by atoms with van der Waals surface area (Å²) in [6.07, 6.45) is 7.63. The molecule has 6 heteroatoms. The first-order chi connectivity index (χ1) is 28.9. The van der Waals surface area contributed by atoms with Crippen molar-refractivity contribution in [2.75, 3.05) is 0 Å². The summed E-state index contributed by atoms with van der Waals surface area (Å²) in [5.74, 6) is 1.91. The third kappa shape index (κ3) is 6.48. The third-order valence-corrected chi connectivity index (χ3v) is 13.7. The van der Waals surface area contributed by atoms with E-state index in [4.69, 9.17) is 15.0 Å². The van der Waals surface area contributed by atoms with Gasteiger partial charge < -0.3 is 0 Å². The molecule has 0 unspecified atom stereocenters. The number of fused-ring (bicyclic) bond motifs is 3. The van der Waals surface area contributed by atoms with Crippen LogP contribution in [0, 0.1) is 0 Å². The molecule has 0 amide bonds. The van der Waals surface area contributed by atoms with Crippen molar-refractivity contribution in [3.05, 3.63) is 217 Å². The molecule has 1 aliphatic rings. The molecule has 0 saturated carbocycles. The highest BCUT2D eigenvalue weighted by Crippen LogP contribution is 2.57. The minimum atomic E-state index is -1.44. The Morgan fingerprint density at radius 3 is 1.25 bits per heavy atom. The Balaban J connectivity index is 1.14. The van der Waals surface area contributed by atoms with Crippen molar-refractivity contribution in [3.8, 4) is 67.5 Å². The molecule has 10 rings (SSSR count). The molecule has 0 atom stereocenters. The second kappa shape index (κ2) is 14.7. The molecule has 0 bridgehead atoms. The predicted octanol–water partition coefficient (Wildman–Crippen LogP) is 11.9. The summed E-state index contributed by atoms with van der Waals surface area (Å²) in [5.41, 5.74) is 14.0. The van der Waals surface area contributed by atoms with Gasteiger partial charge in [0.05, 0.1) is 13.5 Å². The van der Waals surface area contributed by atoms with Gasteiger partial charge in [-0.15, -0.1) is 0 Å². The summed E-state index contributed by atoms with van der Waals surface area (Å²) in [5, 5.41) is 1.46. The molecule has 282 valence electrons. The highest BCUT2D eigenvalue weighted by Gasteiger charge is 2.46. The van der Waals surface area contributed by atoms with Crippen molar-refractivity contribution < 1.29 is 0 Å². The van der Waals surface area contributed by atoms with Crippen LogP contribution in [0.25, 0.3) is 67.5 Å². The Bertz CT molecular complexity index is 2850. The van der Waals surface area contributed by atoms with Crippen LogP contribution in [-0.4, -0.2) is 33.0 Å². The standard InChI is InChI=1S/C53H41N5Si/c1-59(2,3)45-21-17-36(18-22-45)40-19-23-46-47-24-20-41(35-49(47)53(48(46)34-40,43-25-29-54-30-26-43)44-27-31-55-32-28-44)39-15-10-16-42(33-39)52-57-50(37-11-6-4-7-12-37)56-51(58-52)38-13-8-5-9-14-38/h4-35H,1-3H3. The molecule has 0 N–H and O–H groups in total. The van der Waals surface area contributed by atoms with Gasteiger partial charge in [-0.25, -0.2) is 15.0 Å². The minimum absolute atomic E-state index is 0.623. The van der Waals surface area contributed by atoms with Gasteiger partial charge in [-0.05, 0) is 98.1 Å². The highest BCUT2D eigenvalue weighted by atomic mass is 28.3. The van der Waals surface area contributed by atoms with Crippen LogP contribution in [0.2, 0.25) is 19.6 Å². The van der Waals surface area contributed by atoms with Crippen LogP contribution in [0.5, 0.6) is 0 Å². The highest BCUT2D eigenvalue weighted by molar-refractivity contribution is 6.88. The van der Waals surface area contributed by atoms with Gasteiger partial charge in [-0.2, -0.15) is 0 Å². The normalized spacial score (nSPS) is 12.8. The lowest BCUT2D eigenvalue weighted by atomic mass is 9.67. The van der Waals surface area contributed by atoms with Gasteiger partial charge in [-0.1, -0.05) is 152 Å². The van der Waals surface area contributed by atoms with E-state index in [1.165, 1.54) is 38.6 Å². The Kier molecular flexibility index (Phi) is 8.99. The van der Waals surface area contributed by atoms with Gasteiger partial charge in [0.1, 0.15) is 0 Å². The van der Waals surface area contributed by atoms with Gasteiger partial charge in [0.25, 0.3) is 0 Å². The van der Waals surface area contributed by atoms with E-state index in [2.05, 4.69) is 139 Å². The Morgan fingerprint density at radius 1 is 0.356 bits per heavy atom. The van der Waals surface area contributed by atoms with Crippen molar-refractivity contribution in [2.24, 2.45) is 0 Å². The van der Waals surface area contributed by atoms with Gasteiger partial charge in [0.2, 0.25) is 0 Å². The SMILES string of the molecule is C[Si](C)(C)c1ccc(-c2ccc3c(c2)C(c2ccncc2)(c2ccncc2)c2cc(-c4cccc(-c5nc(-c6ccccc6)nc(-c6ccccc6)n5)c4)ccc2-3)cc1. The average molecular weight is 776 g/mol. The molecule has 1 aliphatic carbocycles. The van der Waals surface area contributed by atoms with Crippen molar-refractivity contribution >= 4 is 13.3 Å². The number of hydrogen-bond donors (Lipinski definition) is 0. The van der Waals surface area contributed by atoms with E-state index < -0.39 is 13.5 Å². The van der Waals surface area contributed by atoms with Crippen molar-refractivity contribution in [1.29, 1.82) is 0 Å². The molecule has 3 aromatic heterocycles. The molecular formula is C53H41N5Si. The molecule has 9 aromatic rings. The second-order valence-corrected chi connectivity index (χ2v) is 21.3. The molecule has 0 aliphatic heterocycles. The van der Waals surface area contributed by atoms with Crippen molar-refractivity contribution in [3.63, 3.8) is 0 Å². The molecule has 0 spiro atoms. The van der Waals surface area contributed by atoms with E-state index in [9.17, 15) is 0 Å². The van der Waals surface area contributed by atoms with Crippen molar-refractivity contribution in [2.45, 2.75) is 25.1 Å². The fourth-order valence-corrected chi connectivity index (χ4v) is 9.78. The maximum Gasteiger partial charge on any atom is 0.164 e. The van der Waals surface area contributed by atoms with Gasteiger partial charge >= 0.3 is 0 Å². The Labute approximate surface area is 346 Å². The summed E-state index contributed by atoms with van der Waals surface area (Å²) >= 11 is 0. The van der Waals surface area contributed by atoms with E-state index >= 15 is 0 Å². The van der Waals surface area contributed by atoms with Crippen LogP contribution in [0.1, 0.15) is 22.3 Å². The topological polar surface area (TPSA) is 64.5 Å². The van der Waals surface area contributed by atoms with Gasteiger partial charge in [-0.3, -0.25) is 9.97 Å². The number of rotatable bonds is 8. The maximum atomic E-state index is 5.04. The summed E-state index contributed by atoms with van der Waals surface area (Å²) in [6, 6.07) is 60.6. The van der Waals surface area contributed by atoms with E-state index in [-0.39, 0.29) is 0 Å². The Hall–Kier alpha value is -7.15. The monoisotopic (exact) mass is 775 g/mol. The summed E-state index contributed by atoms with van der Waals surface area (Å²) in [6.45, 7) is 7.19. The molecule has 59 heavy (non-hydrogen) atoms. The zero-order valence-corrected chi connectivity index (χ0v) is 34.2. The van der Waals surface area contributed by atoms with Crippen LogP contribution in [0.4, 0.5) is 0 Å². The van der Waals surface area contributed by atoms with Crippen LogP contribution in [0.15, 0.2) is 195 Å². The summed E-state index contributed by atoms with van der Waals surface area (Å²) < 4.78 is 0. The van der Waals surface area contributed by atoms with Crippen LogP contribution < -0.4 is 5.19 Å². The maximum absolute atomic E-state index is 5.04. The summed E-state index contributed by atoms with van der Waals surface area (Å²) in [4.78, 5) is 24.0. The lowest BCUT2D eigenvalue weighted by Crippen LogP contribution is -2.37. The fourth-order valence-electron chi connectivity index (χ4n) is 8.61. The molecule has 0 radical (unpaired) electrons. The van der Waals surface area contributed by atoms with Gasteiger partial charge in [0, 0.05) is 41.5 Å². The third-order valence-electron chi connectivity index (χ3n) is 11.6. The molecule has 0 saturated heterocycles. The molecular weight excluding hydrogens is 735 g/mol. The first-order valence-electron chi connectivity index (χ1n) is 20.1. The first kappa shape index (κ1) is 36.2. The zero-order chi connectivity index (χ0) is 40.0. The quantitative estimate of drug-likeness (QED) is 0.144. The molecule has 6 aromatic carbocycles. The molecule has 3 heterocycles. The molecule has 0 fully saturated rings. The second-order valence-electron chi connectivity index (χ2n) is 16.2. The average Bonchev–Trinajstić information content (AvgIpc) is 3.59. The number of aromatic nitrogens is 5. The van der Waals surface area contributed by atoms with Crippen molar-refractivity contribution in [1.82, 2.24) is 24.9 Å². The zero-order valence-electron chi connectivity index (χ0n) is 33.2.